The van der Waals surface area contributed by atoms with Crippen molar-refractivity contribution in [3.63, 3.8) is 0 Å². The van der Waals surface area contributed by atoms with Gasteiger partial charge in [-0.05, 0) is 44.5 Å². The van der Waals surface area contributed by atoms with Gasteiger partial charge in [0.05, 0.1) is 0 Å². The first kappa shape index (κ1) is 15.0. The Morgan fingerprint density at radius 1 is 1.29 bits per heavy atom. The van der Waals surface area contributed by atoms with Gasteiger partial charge in [-0.3, -0.25) is 0 Å². The van der Waals surface area contributed by atoms with Crippen LogP contribution in [0, 0.1) is 12.7 Å². The van der Waals surface area contributed by atoms with Gasteiger partial charge in [-0.2, -0.15) is 0 Å². The van der Waals surface area contributed by atoms with Crippen molar-refractivity contribution in [3.8, 4) is 5.75 Å². The predicted molar refractivity (Wildman–Crippen MR) is 79.1 cm³/mol. The molecule has 0 unspecified atom stereocenters. The van der Waals surface area contributed by atoms with Crippen molar-refractivity contribution >= 4 is 11.8 Å². The van der Waals surface area contributed by atoms with E-state index >= 15 is 0 Å². The molecule has 0 aliphatic heterocycles. The Hall–Kier alpha value is -2.43. The largest absolute Gasteiger partial charge is 0.422 e. The van der Waals surface area contributed by atoms with Crippen molar-refractivity contribution in [3.05, 3.63) is 53.5 Å². The summed E-state index contributed by atoms with van der Waals surface area (Å²) in [4.78, 5) is 16.2. The number of hydrogen-bond donors (Lipinski definition) is 1. The molecule has 2 aromatic rings. The molecular weight excluding hydrogens is 271 g/mol. The van der Waals surface area contributed by atoms with Crippen LogP contribution < -0.4 is 10.1 Å². The molecule has 0 aliphatic rings. The minimum atomic E-state index is -0.620. The highest BCUT2D eigenvalue weighted by molar-refractivity contribution is 5.89. The van der Waals surface area contributed by atoms with Crippen LogP contribution in [0.3, 0.4) is 0 Å². The molecular formula is C16H17FN2O2. The first-order valence-corrected chi connectivity index (χ1v) is 6.67. The lowest BCUT2D eigenvalue weighted by Gasteiger charge is -2.10. The van der Waals surface area contributed by atoms with Gasteiger partial charge in [-0.1, -0.05) is 12.1 Å². The molecule has 1 aromatic heterocycles. The molecule has 4 nitrogen and oxygen atoms in total. The van der Waals surface area contributed by atoms with E-state index in [9.17, 15) is 9.18 Å². The van der Waals surface area contributed by atoms with E-state index in [1.807, 2.05) is 13.8 Å². The van der Waals surface area contributed by atoms with E-state index in [4.69, 9.17) is 4.74 Å². The van der Waals surface area contributed by atoms with Gasteiger partial charge in [0.2, 0.25) is 0 Å². The standard InChI is InChI=1S/C16H17FN2O2/c1-10(2)18-15-6-4-5-14(19-15)16(20)21-12-8-7-11(3)13(17)9-12/h4-10H,1-3H3,(H,18,19). The fourth-order valence-electron chi connectivity index (χ4n) is 1.72. The third-order valence-corrected chi connectivity index (χ3v) is 2.75. The van der Waals surface area contributed by atoms with Gasteiger partial charge in [0.1, 0.15) is 17.4 Å². The molecule has 0 bridgehead atoms. The Labute approximate surface area is 123 Å². The predicted octanol–water partition coefficient (Wildman–Crippen LogP) is 3.57. The van der Waals surface area contributed by atoms with Crippen LogP contribution in [0.4, 0.5) is 10.2 Å². The summed E-state index contributed by atoms with van der Waals surface area (Å²) in [6, 6.07) is 9.53. The van der Waals surface area contributed by atoms with E-state index in [2.05, 4.69) is 10.3 Å². The highest BCUT2D eigenvalue weighted by atomic mass is 19.1. The normalized spacial score (nSPS) is 10.5. The number of benzene rings is 1. The van der Waals surface area contributed by atoms with Crippen molar-refractivity contribution in [1.29, 1.82) is 0 Å². The van der Waals surface area contributed by atoms with Crippen LogP contribution in [-0.2, 0) is 0 Å². The Morgan fingerprint density at radius 3 is 2.71 bits per heavy atom. The highest BCUT2D eigenvalue weighted by Crippen LogP contribution is 2.17. The topological polar surface area (TPSA) is 51.2 Å². The van der Waals surface area contributed by atoms with E-state index in [1.54, 1.807) is 37.3 Å². The van der Waals surface area contributed by atoms with Gasteiger partial charge < -0.3 is 10.1 Å². The SMILES string of the molecule is Cc1ccc(OC(=O)c2cccc(NC(C)C)n2)cc1F. The van der Waals surface area contributed by atoms with E-state index in [0.29, 0.717) is 11.4 Å². The molecule has 0 atom stereocenters. The van der Waals surface area contributed by atoms with Crippen molar-refractivity contribution in [1.82, 2.24) is 4.98 Å². The Kier molecular flexibility index (Phi) is 4.52. The molecule has 1 aromatic carbocycles. The maximum Gasteiger partial charge on any atom is 0.362 e. The molecule has 0 saturated heterocycles. The summed E-state index contributed by atoms with van der Waals surface area (Å²) in [5.41, 5.74) is 0.665. The fraction of sp³-hybridized carbons (Fsp3) is 0.250. The van der Waals surface area contributed by atoms with E-state index in [0.717, 1.165) is 0 Å². The minimum absolute atomic E-state index is 0.159. The molecule has 110 valence electrons. The van der Waals surface area contributed by atoms with Gasteiger partial charge in [0, 0.05) is 12.1 Å². The number of ether oxygens (including phenoxy) is 1. The molecule has 5 heteroatoms. The number of carbonyl (C=O) groups is 1. The van der Waals surface area contributed by atoms with Crippen LogP contribution in [0.25, 0.3) is 0 Å². The zero-order valence-corrected chi connectivity index (χ0v) is 12.2. The quantitative estimate of drug-likeness (QED) is 0.690. The van der Waals surface area contributed by atoms with Gasteiger partial charge >= 0.3 is 5.97 Å². The van der Waals surface area contributed by atoms with Crippen LogP contribution in [0.5, 0.6) is 5.75 Å². The van der Waals surface area contributed by atoms with Gasteiger partial charge in [0.15, 0.2) is 5.69 Å². The van der Waals surface area contributed by atoms with Crippen LogP contribution >= 0.6 is 0 Å². The summed E-state index contributed by atoms with van der Waals surface area (Å²) in [7, 11) is 0. The second-order valence-electron chi connectivity index (χ2n) is 5.01. The van der Waals surface area contributed by atoms with E-state index < -0.39 is 11.8 Å². The summed E-state index contributed by atoms with van der Waals surface area (Å²) >= 11 is 0. The average Bonchev–Trinajstić information content (AvgIpc) is 2.42. The Morgan fingerprint density at radius 2 is 2.05 bits per heavy atom. The maximum atomic E-state index is 13.4. The Bertz CT molecular complexity index is 656. The first-order valence-electron chi connectivity index (χ1n) is 6.67. The smallest absolute Gasteiger partial charge is 0.362 e. The second kappa shape index (κ2) is 6.35. The van der Waals surface area contributed by atoms with Crippen LogP contribution in [-0.4, -0.2) is 17.0 Å². The number of nitrogens with zero attached hydrogens (tertiary/aromatic N) is 1. The second-order valence-corrected chi connectivity index (χ2v) is 5.01. The number of rotatable bonds is 4. The number of aromatic nitrogens is 1. The molecule has 0 fully saturated rings. The van der Waals surface area contributed by atoms with Crippen molar-refractivity contribution < 1.29 is 13.9 Å². The minimum Gasteiger partial charge on any atom is -0.422 e. The molecule has 0 radical (unpaired) electrons. The summed E-state index contributed by atoms with van der Waals surface area (Å²) in [5.74, 6) is -0.282. The van der Waals surface area contributed by atoms with Crippen LogP contribution in [0.15, 0.2) is 36.4 Å². The lowest BCUT2D eigenvalue weighted by Crippen LogP contribution is -2.15. The molecule has 0 spiro atoms. The van der Waals surface area contributed by atoms with E-state index in [1.165, 1.54) is 6.07 Å². The molecule has 0 amide bonds. The molecule has 21 heavy (non-hydrogen) atoms. The fourth-order valence-corrected chi connectivity index (χ4v) is 1.72. The molecule has 1 N–H and O–H groups in total. The lowest BCUT2D eigenvalue weighted by molar-refractivity contribution is 0.0728. The lowest BCUT2D eigenvalue weighted by atomic mass is 10.2. The third-order valence-electron chi connectivity index (χ3n) is 2.75. The van der Waals surface area contributed by atoms with E-state index in [-0.39, 0.29) is 17.5 Å². The number of carbonyl (C=O) groups excluding carboxylic acids is 1. The highest BCUT2D eigenvalue weighted by Gasteiger charge is 2.12. The van der Waals surface area contributed by atoms with Gasteiger partial charge in [-0.15, -0.1) is 0 Å². The number of pyridine rings is 1. The first-order chi connectivity index (χ1) is 9.95. The summed E-state index contributed by atoms with van der Waals surface area (Å²) < 4.78 is 18.5. The third kappa shape index (κ3) is 4.02. The summed E-state index contributed by atoms with van der Waals surface area (Å²) in [5, 5.41) is 3.10. The summed E-state index contributed by atoms with van der Waals surface area (Å²) in [6.07, 6.45) is 0. The van der Waals surface area contributed by atoms with Crippen molar-refractivity contribution in [2.24, 2.45) is 0 Å². The van der Waals surface area contributed by atoms with Gasteiger partial charge in [-0.25, -0.2) is 14.2 Å². The number of anilines is 1. The summed E-state index contributed by atoms with van der Waals surface area (Å²) in [6.45, 7) is 5.59. The van der Waals surface area contributed by atoms with Crippen molar-refractivity contribution in [2.45, 2.75) is 26.8 Å². The number of nitrogens with one attached hydrogen (secondary N) is 1. The van der Waals surface area contributed by atoms with Crippen LogP contribution in [0.1, 0.15) is 29.9 Å². The number of esters is 1. The monoisotopic (exact) mass is 288 g/mol. The van der Waals surface area contributed by atoms with Gasteiger partial charge in [0.25, 0.3) is 0 Å². The molecule has 0 aliphatic carbocycles. The number of hydrogen-bond acceptors (Lipinski definition) is 4. The molecule has 0 saturated carbocycles. The van der Waals surface area contributed by atoms with Crippen molar-refractivity contribution in [2.75, 3.05) is 5.32 Å². The average molecular weight is 288 g/mol. The maximum absolute atomic E-state index is 13.4. The molecule has 2 rings (SSSR count). The van der Waals surface area contributed by atoms with Crippen LogP contribution in [0.2, 0.25) is 0 Å². The zero-order chi connectivity index (χ0) is 15.4. The Balaban J connectivity index is 2.14. The number of aryl methyl sites for hydroxylation is 1. The zero-order valence-electron chi connectivity index (χ0n) is 12.2. The number of halogens is 1. The molecule has 1 heterocycles.